The predicted molar refractivity (Wildman–Crippen MR) is 135 cm³/mol. The number of hydrogen-bond acceptors (Lipinski definition) is 7. The van der Waals surface area contributed by atoms with Gasteiger partial charge in [-0.3, -0.25) is 4.79 Å². The van der Waals surface area contributed by atoms with Gasteiger partial charge in [-0.15, -0.1) is 0 Å². The lowest BCUT2D eigenvalue weighted by Crippen LogP contribution is -2.12. The predicted octanol–water partition coefficient (Wildman–Crippen LogP) is 6.86. The molecule has 9 heteroatoms. The summed E-state index contributed by atoms with van der Waals surface area (Å²) >= 11 is 9.64. The third-order valence-electron chi connectivity index (χ3n) is 5.82. The number of carbonyl (C=O) groups excluding carboxylic acids is 2. The number of ether oxygens (including phenoxy) is 4. The SMILES string of the molecule is Cc1cc(OC(=O)c2cc3cc(Br)ccc3o2)cc2c1C(=O)/C(=C/c1cc(Cl)cc3c1OCOC3)O2. The molecule has 0 bridgehead atoms. The van der Waals surface area contributed by atoms with Gasteiger partial charge in [0.15, 0.2) is 12.6 Å². The summed E-state index contributed by atoms with van der Waals surface area (Å²) < 4.78 is 28.8. The molecule has 0 spiro atoms. The fraction of sp³-hybridized carbons (Fsp3) is 0.111. The Labute approximate surface area is 218 Å². The molecule has 1 aromatic heterocycles. The van der Waals surface area contributed by atoms with Crippen molar-refractivity contribution in [3.63, 3.8) is 0 Å². The van der Waals surface area contributed by atoms with Crippen LogP contribution in [0.2, 0.25) is 5.02 Å². The molecule has 2 aliphatic rings. The number of furan rings is 1. The number of Topliss-reactive ketones (excluding diaryl/α,β-unsaturated/α-hetero) is 1. The number of aryl methyl sites for hydroxylation is 1. The van der Waals surface area contributed by atoms with Gasteiger partial charge in [-0.25, -0.2) is 4.79 Å². The molecule has 0 saturated carbocycles. The number of benzene rings is 3. The molecular weight excluding hydrogens is 552 g/mol. The zero-order valence-corrected chi connectivity index (χ0v) is 21.1. The Kier molecular flexibility index (Phi) is 5.59. The average Bonchev–Trinajstić information content (AvgIpc) is 3.39. The second kappa shape index (κ2) is 8.81. The van der Waals surface area contributed by atoms with E-state index in [-0.39, 0.29) is 29.8 Å². The number of halogens is 2. The molecule has 0 fully saturated rings. The second-order valence-corrected chi connectivity index (χ2v) is 9.68. The van der Waals surface area contributed by atoms with E-state index >= 15 is 0 Å². The summed E-state index contributed by atoms with van der Waals surface area (Å²) in [6, 6.07) is 13.6. The Morgan fingerprint density at radius 1 is 1.14 bits per heavy atom. The van der Waals surface area contributed by atoms with Crippen molar-refractivity contribution in [3.05, 3.63) is 91.8 Å². The highest BCUT2D eigenvalue weighted by Gasteiger charge is 2.31. The number of fused-ring (bicyclic) bond motifs is 3. The van der Waals surface area contributed by atoms with Crippen molar-refractivity contribution in [3.8, 4) is 17.2 Å². The van der Waals surface area contributed by atoms with Gasteiger partial charge >= 0.3 is 5.97 Å². The molecule has 0 atom stereocenters. The molecule has 0 unspecified atom stereocenters. The molecule has 0 radical (unpaired) electrons. The van der Waals surface area contributed by atoms with Crippen molar-refractivity contribution in [1.29, 1.82) is 0 Å². The summed E-state index contributed by atoms with van der Waals surface area (Å²) in [5.74, 6) is 0.341. The molecule has 2 aliphatic heterocycles. The Morgan fingerprint density at radius 2 is 2.00 bits per heavy atom. The van der Waals surface area contributed by atoms with E-state index in [9.17, 15) is 9.59 Å². The van der Waals surface area contributed by atoms with Crippen LogP contribution in [0, 0.1) is 6.92 Å². The number of hydrogen-bond donors (Lipinski definition) is 0. The van der Waals surface area contributed by atoms with Gasteiger partial charge in [-0.1, -0.05) is 27.5 Å². The van der Waals surface area contributed by atoms with Crippen LogP contribution in [0.25, 0.3) is 17.0 Å². The van der Waals surface area contributed by atoms with Crippen LogP contribution in [0.1, 0.15) is 37.6 Å². The Bertz CT molecular complexity index is 1620. The highest BCUT2D eigenvalue weighted by Crippen LogP contribution is 2.40. The lowest BCUT2D eigenvalue weighted by molar-refractivity contribution is -0.0165. The normalized spacial score (nSPS) is 15.4. The number of allylic oxidation sites excluding steroid dienone is 1. The van der Waals surface area contributed by atoms with E-state index in [1.807, 2.05) is 12.1 Å². The van der Waals surface area contributed by atoms with E-state index in [0.29, 0.717) is 45.4 Å². The van der Waals surface area contributed by atoms with Crippen LogP contribution in [0.3, 0.4) is 0 Å². The zero-order valence-electron chi connectivity index (χ0n) is 18.7. The highest BCUT2D eigenvalue weighted by atomic mass is 79.9. The number of carbonyl (C=O) groups is 2. The highest BCUT2D eigenvalue weighted by molar-refractivity contribution is 9.10. The lowest BCUT2D eigenvalue weighted by atomic mass is 10.0. The van der Waals surface area contributed by atoms with Crippen LogP contribution in [0.15, 0.2) is 63.2 Å². The third kappa shape index (κ3) is 4.07. The van der Waals surface area contributed by atoms with E-state index in [2.05, 4.69) is 15.9 Å². The molecule has 3 aromatic carbocycles. The monoisotopic (exact) mass is 566 g/mol. The zero-order chi connectivity index (χ0) is 25.0. The maximum Gasteiger partial charge on any atom is 0.379 e. The quantitative estimate of drug-likeness (QED) is 0.152. The fourth-order valence-corrected chi connectivity index (χ4v) is 4.89. The first-order chi connectivity index (χ1) is 17.4. The average molecular weight is 568 g/mol. The Hall–Kier alpha value is -3.59. The van der Waals surface area contributed by atoms with E-state index in [1.165, 1.54) is 6.07 Å². The molecule has 0 N–H and O–H groups in total. The van der Waals surface area contributed by atoms with Crippen molar-refractivity contribution < 1.29 is 33.0 Å². The summed E-state index contributed by atoms with van der Waals surface area (Å²) in [4.78, 5) is 25.9. The van der Waals surface area contributed by atoms with Crippen LogP contribution < -0.4 is 14.2 Å². The molecule has 0 saturated heterocycles. The van der Waals surface area contributed by atoms with Crippen molar-refractivity contribution in [1.82, 2.24) is 0 Å². The number of rotatable bonds is 3. The molecule has 180 valence electrons. The van der Waals surface area contributed by atoms with Crippen LogP contribution in [-0.2, 0) is 11.3 Å². The van der Waals surface area contributed by atoms with Crippen molar-refractivity contribution in [2.75, 3.05) is 6.79 Å². The smallest absolute Gasteiger partial charge is 0.379 e. The minimum atomic E-state index is -0.660. The lowest BCUT2D eigenvalue weighted by Gasteiger charge is -2.20. The molecule has 6 rings (SSSR count). The van der Waals surface area contributed by atoms with E-state index in [0.717, 1.165) is 15.4 Å². The van der Waals surface area contributed by atoms with Gasteiger partial charge in [0.1, 0.15) is 22.8 Å². The summed E-state index contributed by atoms with van der Waals surface area (Å²) in [7, 11) is 0. The first kappa shape index (κ1) is 22.8. The molecule has 36 heavy (non-hydrogen) atoms. The number of ketones is 1. The minimum Gasteiger partial charge on any atom is -0.467 e. The van der Waals surface area contributed by atoms with E-state index < -0.39 is 5.97 Å². The first-order valence-electron chi connectivity index (χ1n) is 10.9. The van der Waals surface area contributed by atoms with Gasteiger partial charge in [0.05, 0.1) is 12.2 Å². The van der Waals surface area contributed by atoms with Crippen molar-refractivity contribution >= 4 is 56.3 Å². The summed E-state index contributed by atoms with van der Waals surface area (Å²) in [6.45, 7) is 2.22. The fourth-order valence-electron chi connectivity index (χ4n) is 4.27. The molecule has 7 nitrogen and oxygen atoms in total. The largest absolute Gasteiger partial charge is 0.467 e. The van der Waals surface area contributed by atoms with Crippen molar-refractivity contribution in [2.24, 2.45) is 0 Å². The number of esters is 1. The van der Waals surface area contributed by atoms with Crippen LogP contribution in [0.5, 0.6) is 17.2 Å². The van der Waals surface area contributed by atoms with E-state index in [4.69, 9.17) is 35.0 Å². The summed E-state index contributed by atoms with van der Waals surface area (Å²) in [5.41, 5.74) is 2.96. The minimum absolute atomic E-state index is 0.0635. The maximum absolute atomic E-state index is 13.1. The van der Waals surface area contributed by atoms with Crippen LogP contribution >= 0.6 is 27.5 Å². The molecule has 3 heterocycles. The second-order valence-electron chi connectivity index (χ2n) is 8.33. The third-order valence-corrected chi connectivity index (χ3v) is 6.54. The van der Waals surface area contributed by atoms with Crippen molar-refractivity contribution in [2.45, 2.75) is 13.5 Å². The van der Waals surface area contributed by atoms with Gasteiger partial charge < -0.3 is 23.4 Å². The molecule has 4 aromatic rings. The van der Waals surface area contributed by atoms with Gasteiger partial charge in [0.25, 0.3) is 0 Å². The summed E-state index contributed by atoms with van der Waals surface area (Å²) in [6.07, 6.45) is 1.59. The van der Waals surface area contributed by atoms with Gasteiger partial charge in [-0.2, -0.15) is 0 Å². The van der Waals surface area contributed by atoms with E-state index in [1.54, 1.807) is 43.3 Å². The maximum atomic E-state index is 13.1. The first-order valence-corrected chi connectivity index (χ1v) is 12.1. The topological polar surface area (TPSA) is 84.2 Å². The Morgan fingerprint density at radius 3 is 2.86 bits per heavy atom. The van der Waals surface area contributed by atoms with Gasteiger partial charge in [0.2, 0.25) is 11.5 Å². The van der Waals surface area contributed by atoms with Gasteiger partial charge in [0, 0.05) is 32.1 Å². The van der Waals surface area contributed by atoms with Crippen LogP contribution in [0.4, 0.5) is 0 Å². The Balaban J connectivity index is 1.29. The van der Waals surface area contributed by atoms with Gasteiger partial charge in [-0.05, 0) is 61.0 Å². The standard InChI is InChI=1S/C27H16BrClO7/c1-13-4-19(34-27(31)23-8-14-5-17(28)2-3-20(14)35-23)10-21-24(13)25(30)22(36-21)9-15-6-18(29)7-16-11-32-12-33-26(15)16/h2-10H,11-12H2,1H3/b22-9-. The van der Waals surface area contributed by atoms with Crippen LogP contribution in [-0.4, -0.2) is 18.5 Å². The molecule has 0 amide bonds. The molecular formula is C27H16BrClO7. The molecule has 0 aliphatic carbocycles. The summed E-state index contributed by atoms with van der Waals surface area (Å²) in [5, 5.41) is 1.25.